The lowest BCUT2D eigenvalue weighted by atomic mass is 9.65. The normalized spacial score (nSPS) is 18.5. The van der Waals surface area contributed by atoms with Gasteiger partial charge in [0.25, 0.3) is 0 Å². The maximum atomic E-state index is 15.6. The predicted molar refractivity (Wildman–Crippen MR) is 239 cm³/mol. The minimum Gasteiger partial charge on any atom is -0.497 e. The zero-order valence-corrected chi connectivity index (χ0v) is 36.8. The number of halogens is 1. The highest BCUT2D eigenvalue weighted by molar-refractivity contribution is 7.52. The molecule has 2 heterocycles. The summed E-state index contributed by atoms with van der Waals surface area (Å²) >= 11 is 0. The lowest BCUT2D eigenvalue weighted by Crippen LogP contribution is -2.48. The smallest absolute Gasteiger partial charge is 0.459 e. The van der Waals surface area contributed by atoms with E-state index in [9.17, 15) is 9.36 Å². The number of aliphatic imine (C=N–C) groups is 1. The first-order valence-corrected chi connectivity index (χ1v) is 22.1. The molecule has 0 bridgehead atoms. The third-order valence-corrected chi connectivity index (χ3v) is 12.3. The van der Waals surface area contributed by atoms with Gasteiger partial charge < -0.3 is 28.2 Å². The van der Waals surface area contributed by atoms with E-state index in [1.807, 2.05) is 99.0 Å². The van der Waals surface area contributed by atoms with Gasteiger partial charge in [-0.25, -0.2) is 28.9 Å². The number of para-hydroxylation sites is 1. The molecule has 0 aliphatic heterocycles. The summed E-state index contributed by atoms with van der Waals surface area (Å²) in [6.45, 7) is 4.67. The van der Waals surface area contributed by atoms with E-state index in [0.717, 1.165) is 16.7 Å². The van der Waals surface area contributed by atoms with Crippen LogP contribution >= 0.6 is 7.75 Å². The van der Waals surface area contributed by atoms with Crippen molar-refractivity contribution in [3.8, 4) is 11.5 Å². The number of methoxy groups -OCH3 is 1. The molecule has 4 aromatic carbocycles. The van der Waals surface area contributed by atoms with Crippen molar-refractivity contribution in [1.82, 2.24) is 29.5 Å². The first-order valence-electron chi connectivity index (χ1n) is 20.5. The number of ether oxygens (including phenoxy) is 3. The number of hydrogen-bond acceptors (Lipinski definition) is 11. The lowest BCUT2D eigenvalue weighted by molar-refractivity contribution is -0.149. The van der Waals surface area contributed by atoms with Crippen LogP contribution in [-0.2, 0) is 29.0 Å². The summed E-state index contributed by atoms with van der Waals surface area (Å²) < 4.78 is 62.6. The third-order valence-electron chi connectivity index (χ3n) is 10.7. The summed E-state index contributed by atoms with van der Waals surface area (Å²) in [5, 5.41) is 2.75. The molecule has 1 fully saturated rings. The number of nitrogens with one attached hydrogen (secondary N) is 1. The van der Waals surface area contributed by atoms with E-state index >= 15 is 4.39 Å². The molecule has 0 saturated heterocycles. The van der Waals surface area contributed by atoms with Crippen LogP contribution in [0.25, 0.3) is 11.2 Å². The fourth-order valence-electron chi connectivity index (χ4n) is 7.72. The van der Waals surface area contributed by atoms with Gasteiger partial charge in [0.15, 0.2) is 17.0 Å². The molecule has 7 rings (SSSR count). The minimum absolute atomic E-state index is 0.0244. The molecule has 0 amide bonds. The molecule has 1 aliphatic carbocycles. The molecular formula is C47H51FN7O7P. The molecule has 1 saturated carbocycles. The number of benzene rings is 4. The van der Waals surface area contributed by atoms with Crippen molar-refractivity contribution in [3.05, 3.63) is 157 Å². The van der Waals surface area contributed by atoms with Gasteiger partial charge >= 0.3 is 13.7 Å². The molecule has 63 heavy (non-hydrogen) atoms. The van der Waals surface area contributed by atoms with Gasteiger partial charge in [0.2, 0.25) is 0 Å². The van der Waals surface area contributed by atoms with E-state index in [2.05, 4.69) is 25.0 Å². The summed E-state index contributed by atoms with van der Waals surface area (Å²) in [6, 6.07) is 34.1. The molecule has 2 aromatic heterocycles. The first kappa shape index (κ1) is 44.8. The van der Waals surface area contributed by atoms with Crippen LogP contribution in [0.5, 0.6) is 11.5 Å². The number of fused-ring (bicyclic) bond motifs is 1. The molecule has 0 spiro atoms. The summed E-state index contributed by atoms with van der Waals surface area (Å²) in [5.41, 5.74) is 2.50. The standard InChI is InChI=1S/C47H51FN7O7P/c1-32(2)61-46(56)33(3)53-63(57,62-38-20-14-9-15-21-38)60-28-40-39(26-48)43(55-31-51-42-44(52-30-54(4)5)49-29-50-45(42)55)41(40)27-59-47(34-16-10-7-11-17-34,35-18-12-8-13-19-35)36-22-24-37(58-6)25-23-36/h7-26,29-33,40-41,43H,27-28H2,1-6H3,(H,53,57)/b39-26+,52-30-/t33-,40+,41-,43-,63?/m0/s1. The maximum Gasteiger partial charge on any atom is 0.459 e. The van der Waals surface area contributed by atoms with Crippen molar-refractivity contribution in [2.24, 2.45) is 16.8 Å². The number of esters is 1. The largest absolute Gasteiger partial charge is 0.497 e. The Kier molecular flexibility index (Phi) is 14.1. The topological polar surface area (TPSA) is 152 Å². The van der Waals surface area contributed by atoms with Gasteiger partial charge in [-0.05, 0) is 67.3 Å². The van der Waals surface area contributed by atoms with Gasteiger partial charge in [-0.3, -0.25) is 9.32 Å². The fourth-order valence-corrected chi connectivity index (χ4v) is 9.23. The van der Waals surface area contributed by atoms with Crippen molar-refractivity contribution in [1.29, 1.82) is 0 Å². The Hall–Kier alpha value is -6.25. The van der Waals surface area contributed by atoms with E-state index in [4.69, 9.17) is 23.3 Å². The van der Waals surface area contributed by atoms with E-state index in [1.165, 1.54) is 13.3 Å². The van der Waals surface area contributed by atoms with Gasteiger partial charge in [0.1, 0.15) is 29.5 Å². The Labute approximate surface area is 366 Å². The van der Waals surface area contributed by atoms with E-state index in [1.54, 1.807) is 73.4 Å². The molecule has 1 aliphatic rings. The highest BCUT2D eigenvalue weighted by Crippen LogP contribution is 2.55. The highest BCUT2D eigenvalue weighted by atomic mass is 31.2. The van der Waals surface area contributed by atoms with E-state index in [-0.39, 0.29) is 19.0 Å². The summed E-state index contributed by atoms with van der Waals surface area (Å²) in [4.78, 5) is 32.8. The zero-order valence-electron chi connectivity index (χ0n) is 35.9. The number of carbonyl (C=O) groups is 1. The zero-order chi connectivity index (χ0) is 44.6. The number of rotatable bonds is 19. The van der Waals surface area contributed by atoms with Crippen molar-refractivity contribution in [2.75, 3.05) is 34.4 Å². The van der Waals surface area contributed by atoms with Gasteiger partial charge in [-0.15, -0.1) is 0 Å². The number of nitrogens with zero attached hydrogens (tertiary/aromatic N) is 6. The molecule has 6 aromatic rings. The predicted octanol–water partition coefficient (Wildman–Crippen LogP) is 8.84. The van der Waals surface area contributed by atoms with Crippen LogP contribution in [0.4, 0.5) is 10.2 Å². The molecule has 1 N–H and O–H groups in total. The van der Waals surface area contributed by atoms with Gasteiger partial charge in [0.05, 0.1) is 51.5 Å². The van der Waals surface area contributed by atoms with Gasteiger partial charge in [-0.2, -0.15) is 5.09 Å². The van der Waals surface area contributed by atoms with Gasteiger partial charge in [-0.1, -0.05) is 91.0 Å². The van der Waals surface area contributed by atoms with Crippen molar-refractivity contribution in [2.45, 2.75) is 44.6 Å². The number of aromatic nitrogens is 4. The SMILES string of the molecule is COc1ccc(C(OC[C@H]2[C@H](COP(=O)(N[C@@H](C)C(=O)OC(C)C)Oc3ccccc3)/C(=C\F)[C@@H]2n2cnc3c(/N=C\N(C)C)ncnc32)(c2ccccc2)c2ccccc2)cc1. The molecule has 328 valence electrons. The monoisotopic (exact) mass is 875 g/mol. The average Bonchev–Trinajstić information content (AvgIpc) is 3.71. The van der Waals surface area contributed by atoms with Crippen LogP contribution in [0.1, 0.15) is 43.5 Å². The Morgan fingerprint density at radius 3 is 2.08 bits per heavy atom. The van der Waals surface area contributed by atoms with Crippen LogP contribution in [0.15, 0.2) is 145 Å². The Bertz CT molecular complexity index is 2520. The molecule has 16 heteroatoms. The highest BCUT2D eigenvalue weighted by Gasteiger charge is 2.51. The molecule has 0 radical (unpaired) electrons. The van der Waals surface area contributed by atoms with Crippen molar-refractivity contribution < 1.29 is 37.0 Å². The number of imidazole rings is 1. The quantitative estimate of drug-likeness (QED) is 0.0272. The maximum absolute atomic E-state index is 15.6. The van der Waals surface area contributed by atoms with Crippen LogP contribution in [-0.4, -0.2) is 83.3 Å². The van der Waals surface area contributed by atoms with E-state index in [0.29, 0.717) is 34.6 Å². The second kappa shape index (κ2) is 19.9. The molecule has 14 nitrogen and oxygen atoms in total. The second-order valence-electron chi connectivity index (χ2n) is 15.5. The summed E-state index contributed by atoms with van der Waals surface area (Å²) in [6.07, 6.45) is 4.71. The van der Waals surface area contributed by atoms with Crippen LogP contribution in [0.3, 0.4) is 0 Å². The van der Waals surface area contributed by atoms with Crippen molar-refractivity contribution in [3.63, 3.8) is 0 Å². The summed E-state index contributed by atoms with van der Waals surface area (Å²) in [5.74, 6) is -0.673. The van der Waals surface area contributed by atoms with Gasteiger partial charge in [0, 0.05) is 25.9 Å². The number of carbonyl (C=O) groups excluding carboxylic acids is 1. The Morgan fingerprint density at radius 2 is 1.49 bits per heavy atom. The number of hydrogen-bond donors (Lipinski definition) is 1. The van der Waals surface area contributed by atoms with Crippen LogP contribution in [0.2, 0.25) is 0 Å². The molecular weight excluding hydrogens is 825 g/mol. The Morgan fingerprint density at radius 1 is 0.873 bits per heavy atom. The fraction of sp³-hybridized carbons (Fsp3) is 0.298. The van der Waals surface area contributed by atoms with Crippen LogP contribution in [0, 0.1) is 11.8 Å². The Balaban J connectivity index is 1.31. The van der Waals surface area contributed by atoms with Crippen molar-refractivity contribution >= 4 is 37.0 Å². The van der Waals surface area contributed by atoms with Crippen LogP contribution < -0.4 is 14.3 Å². The third kappa shape index (κ3) is 9.87. The first-order chi connectivity index (χ1) is 30.5. The molecule has 1 unspecified atom stereocenters. The average molecular weight is 876 g/mol. The summed E-state index contributed by atoms with van der Waals surface area (Å²) in [7, 11) is 0.947. The molecule has 5 atom stereocenters. The minimum atomic E-state index is -4.35. The second-order valence-corrected chi connectivity index (χ2v) is 17.2. The van der Waals surface area contributed by atoms with E-state index < -0.39 is 49.3 Å². The lowest BCUT2D eigenvalue weighted by Gasteiger charge is -2.49.